The van der Waals surface area contributed by atoms with E-state index in [1.54, 1.807) is 12.1 Å². The van der Waals surface area contributed by atoms with Crippen molar-refractivity contribution in [3.05, 3.63) is 24.2 Å². The maximum Gasteiger partial charge on any atom is 0.238 e. The highest BCUT2D eigenvalue weighted by Crippen LogP contribution is 2.08. The number of amides is 1. The lowest BCUT2D eigenvalue weighted by atomic mass is 10.3. The summed E-state index contributed by atoms with van der Waals surface area (Å²) in [6, 6.07) is 3.48. The van der Waals surface area contributed by atoms with Crippen LogP contribution in [0.2, 0.25) is 0 Å². The average molecular weight is 331 g/mol. The Morgan fingerprint density at radius 2 is 2.14 bits per heavy atom. The molecule has 0 saturated carbocycles. The van der Waals surface area contributed by atoms with Crippen molar-refractivity contribution in [3.8, 4) is 0 Å². The quantitative estimate of drug-likeness (QED) is 0.578. The Labute approximate surface area is 132 Å². The lowest BCUT2D eigenvalue weighted by Crippen LogP contribution is -2.38. The highest BCUT2D eigenvalue weighted by Gasteiger charge is 2.22. The molecule has 0 N–H and O–H groups in total. The molecule has 1 aromatic rings. The number of carbonyl (C=O) groups excluding carboxylic acids is 1. The van der Waals surface area contributed by atoms with Crippen LogP contribution in [0.15, 0.2) is 22.8 Å². The number of methoxy groups -OCH3 is 1. The van der Waals surface area contributed by atoms with Gasteiger partial charge in [0.25, 0.3) is 0 Å². The van der Waals surface area contributed by atoms with E-state index in [1.165, 1.54) is 18.3 Å². The summed E-state index contributed by atoms with van der Waals surface area (Å²) in [5.41, 5.74) is 0. The molecule has 7 heteroatoms. The van der Waals surface area contributed by atoms with E-state index < -0.39 is 21.5 Å². The first-order valence-electron chi connectivity index (χ1n) is 7.48. The van der Waals surface area contributed by atoms with Gasteiger partial charge in [0.05, 0.1) is 25.2 Å². The number of rotatable bonds is 11. The Kier molecular flexibility index (Phi) is 8.19. The Hall–Kier alpha value is -1.34. The van der Waals surface area contributed by atoms with Gasteiger partial charge in [0.2, 0.25) is 5.91 Å². The molecule has 0 bridgehead atoms. The first kappa shape index (κ1) is 18.7. The van der Waals surface area contributed by atoms with Crippen molar-refractivity contribution in [1.29, 1.82) is 0 Å². The number of sulfone groups is 1. The first-order chi connectivity index (χ1) is 10.5. The van der Waals surface area contributed by atoms with Crippen LogP contribution in [0.25, 0.3) is 0 Å². The fourth-order valence-corrected chi connectivity index (χ4v) is 3.35. The number of hydrogen-bond donors (Lipinski definition) is 0. The third kappa shape index (κ3) is 7.09. The van der Waals surface area contributed by atoms with Crippen molar-refractivity contribution >= 4 is 15.7 Å². The lowest BCUT2D eigenvalue weighted by Gasteiger charge is -2.21. The van der Waals surface area contributed by atoms with Crippen LogP contribution in [0.4, 0.5) is 0 Å². The van der Waals surface area contributed by atoms with Crippen LogP contribution in [0.5, 0.6) is 0 Å². The van der Waals surface area contributed by atoms with Gasteiger partial charge in [-0.05, 0) is 18.6 Å². The predicted molar refractivity (Wildman–Crippen MR) is 84.2 cm³/mol. The summed E-state index contributed by atoms with van der Waals surface area (Å²) >= 11 is 0. The Bertz CT molecular complexity index is 524. The zero-order valence-electron chi connectivity index (χ0n) is 13.3. The summed E-state index contributed by atoms with van der Waals surface area (Å²) in [5.74, 6) is -0.190. The molecule has 0 aliphatic rings. The van der Waals surface area contributed by atoms with Crippen molar-refractivity contribution in [2.24, 2.45) is 0 Å². The fraction of sp³-hybridized carbons (Fsp3) is 0.667. The number of ether oxygens (including phenoxy) is 1. The van der Waals surface area contributed by atoms with Crippen LogP contribution in [-0.2, 0) is 25.9 Å². The third-order valence-corrected chi connectivity index (χ3v) is 4.84. The second kappa shape index (κ2) is 9.63. The van der Waals surface area contributed by atoms with E-state index in [4.69, 9.17) is 9.15 Å². The summed E-state index contributed by atoms with van der Waals surface area (Å²) in [4.78, 5) is 13.7. The number of furan rings is 1. The molecule has 0 aliphatic carbocycles. The van der Waals surface area contributed by atoms with Gasteiger partial charge in [0.15, 0.2) is 9.84 Å². The molecule has 0 unspecified atom stereocenters. The van der Waals surface area contributed by atoms with E-state index in [2.05, 4.69) is 0 Å². The summed E-state index contributed by atoms with van der Waals surface area (Å²) in [6.07, 6.45) is 3.92. The van der Waals surface area contributed by atoms with Gasteiger partial charge in [-0.25, -0.2) is 8.42 Å². The molecule has 0 fully saturated rings. The van der Waals surface area contributed by atoms with E-state index in [9.17, 15) is 13.2 Å². The van der Waals surface area contributed by atoms with E-state index in [1.807, 2.05) is 6.92 Å². The third-order valence-electron chi connectivity index (χ3n) is 3.25. The van der Waals surface area contributed by atoms with Crippen LogP contribution >= 0.6 is 0 Å². The van der Waals surface area contributed by atoms with Gasteiger partial charge in [-0.1, -0.05) is 19.8 Å². The summed E-state index contributed by atoms with van der Waals surface area (Å²) < 4.78 is 34.2. The number of nitrogens with zero attached hydrogens (tertiary/aromatic N) is 1. The van der Waals surface area contributed by atoms with Crippen molar-refractivity contribution in [1.82, 2.24) is 4.90 Å². The van der Waals surface area contributed by atoms with Gasteiger partial charge >= 0.3 is 0 Å². The molecule has 0 spiro atoms. The summed E-state index contributed by atoms with van der Waals surface area (Å²) in [6.45, 7) is 2.94. The number of hydrogen-bond acceptors (Lipinski definition) is 5. The van der Waals surface area contributed by atoms with E-state index >= 15 is 0 Å². The van der Waals surface area contributed by atoms with Crippen LogP contribution in [0.1, 0.15) is 31.9 Å². The fourth-order valence-electron chi connectivity index (χ4n) is 2.01. The van der Waals surface area contributed by atoms with Crippen LogP contribution in [0, 0.1) is 0 Å². The molecule has 1 aromatic heterocycles. The molecule has 1 rings (SSSR count). The van der Waals surface area contributed by atoms with Crippen molar-refractivity contribution in [2.45, 2.75) is 32.7 Å². The molecule has 22 heavy (non-hydrogen) atoms. The smallest absolute Gasteiger partial charge is 0.238 e. The largest absolute Gasteiger partial charge is 0.467 e. The molecule has 1 heterocycles. The van der Waals surface area contributed by atoms with Gasteiger partial charge in [-0.2, -0.15) is 0 Å². The first-order valence-corrected chi connectivity index (χ1v) is 9.30. The minimum absolute atomic E-state index is 0.0610. The van der Waals surface area contributed by atoms with Crippen LogP contribution in [0.3, 0.4) is 0 Å². The van der Waals surface area contributed by atoms with Crippen molar-refractivity contribution in [2.75, 3.05) is 31.8 Å². The van der Waals surface area contributed by atoms with Crippen LogP contribution < -0.4 is 0 Å². The number of carbonyl (C=O) groups is 1. The second-order valence-electron chi connectivity index (χ2n) is 5.19. The molecule has 6 nitrogen and oxygen atoms in total. The van der Waals surface area contributed by atoms with Crippen molar-refractivity contribution in [3.63, 3.8) is 0 Å². The van der Waals surface area contributed by atoms with E-state index in [0.29, 0.717) is 25.3 Å². The maximum absolute atomic E-state index is 12.3. The van der Waals surface area contributed by atoms with Crippen LogP contribution in [-0.4, -0.2) is 51.0 Å². The topological polar surface area (TPSA) is 76.8 Å². The lowest BCUT2D eigenvalue weighted by molar-refractivity contribution is -0.129. The molecular weight excluding hydrogens is 306 g/mol. The zero-order chi connectivity index (χ0) is 16.4. The minimum atomic E-state index is -3.36. The molecule has 1 amide bonds. The summed E-state index contributed by atoms with van der Waals surface area (Å²) in [5, 5.41) is 0. The SMILES string of the molecule is CCCCCS(=O)(=O)CC(=O)N(CCOC)Cc1ccco1. The normalized spacial score (nSPS) is 11.5. The summed E-state index contributed by atoms with van der Waals surface area (Å²) in [7, 11) is -1.83. The zero-order valence-corrected chi connectivity index (χ0v) is 14.1. The minimum Gasteiger partial charge on any atom is -0.467 e. The Morgan fingerprint density at radius 1 is 1.36 bits per heavy atom. The van der Waals surface area contributed by atoms with Gasteiger partial charge in [0.1, 0.15) is 11.5 Å². The molecule has 0 atom stereocenters. The monoisotopic (exact) mass is 331 g/mol. The Balaban J connectivity index is 2.62. The molecule has 0 aliphatic heterocycles. The molecule has 126 valence electrons. The van der Waals surface area contributed by atoms with E-state index in [0.717, 1.165) is 12.8 Å². The van der Waals surface area contributed by atoms with Gasteiger partial charge in [-0.3, -0.25) is 4.79 Å². The van der Waals surface area contributed by atoms with E-state index in [-0.39, 0.29) is 12.3 Å². The van der Waals surface area contributed by atoms with Gasteiger partial charge in [0, 0.05) is 13.7 Å². The molecule has 0 aromatic carbocycles. The number of unbranched alkanes of at least 4 members (excludes halogenated alkanes) is 2. The molecule has 0 radical (unpaired) electrons. The predicted octanol–water partition coefficient (Wildman–Crippen LogP) is 1.86. The highest BCUT2D eigenvalue weighted by atomic mass is 32.2. The molecular formula is C15H25NO5S. The Morgan fingerprint density at radius 3 is 2.73 bits per heavy atom. The molecule has 0 saturated heterocycles. The van der Waals surface area contributed by atoms with Gasteiger partial charge < -0.3 is 14.1 Å². The second-order valence-corrected chi connectivity index (χ2v) is 7.37. The average Bonchev–Trinajstić information content (AvgIpc) is 2.95. The maximum atomic E-state index is 12.3. The van der Waals surface area contributed by atoms with Gasteiger partial charge in [-0.15, -0.1) is 0 Å². The standard InChI is InChI=1S/C15H25NO5S/c1-3-4-5-11-22(18,19)13-15(17)16(8-10-20-2)12-14-7-6-9-21-14/h6-7,9H,3-5,8,10-13H2,1-2H3. The van der Waals surface area contributed by atoms with Crippen molar-refractivity contribution < 1.29 is 22.4 Å². The highest BCUT2D eigenvalue weighted by molar-refractivity contribution is 7.92.